The van der Waals surface area contributed by atoms with Gasteiger partial charge in [0.05, 0.1) is 0 Å². The number of rotatable bonds is 2. The van der Waals surface area contributed by atoms with Crippen LogP contribution in [0.25, 0.3) is 22.1 Å². The number of hydrogen-bond donors (Lipinski definition) is 1. The molecule has 0 aliphatic carbocycles. The molecule has 0 aliphatic rings. The molecule has 3 aromatic rings. The van der Waals surface area contributed by atoms with Crippen LogP contribution in [0.4, 0.5) is 5.69 Å². The van der Waals surface area contributed by atoms with Gasteiger partial charge < -0.3 is 9.73 Å². The number of fused-ring (bicyclic) bond motifs is 1. The largest absolute Gasteiger partial charge is 0.423 e. The Kier molecular flexibility index (Phi) is 3.20. The fourth-order valence-electron chi connectivity index (χ4n) is 2.19. The van der Waals surface area contributed by atoms with Crippen molar-refractivity contribution >= 4 is 28.3 Å². The van der Waals surface area contributed by atoms with Crippen LogP contribution in [0.15, 0.2) is 57.7 Å². The topological polar surface area (TPSA) is 42.2 Å². The van der Waals surface area contributed by atoms with Crippen molar-refractivity contribution in [2.75, 3.05) is 12.4 Å². The Hall–Kier alpha value is -2.26. The molecule has 0 unspecified atom stereocenters. The van der Waals surface area contributed by atoms with Gasteiger partial charge in [0.2, 0.25) is 0 Å². The molecule has 0 radical (unpaired) electrons. The van der Waals surface area contributed by atoms with Crippen LogP contribution in [-0.2, 0) is 0 Å². The van der Waals surface area contributed by atoms with E-state index in [9.17, 15) is 4.79 Å². The van der Waals surface area contributed by atoms with Crippen molar-refractivity contribution in [1.82, 2.24) is 0 Å². The highest BCUT2D eigenvalue weighted by Gasteiger charge is 2.08. The molecular formula is C16H12ClNO2. The zero-order valence-corrected chi connectivity index (χ0v) is 11.6. The third-order valence-corrected chi connectivity index (χ3v) is 3.42. The Labute approximate surface area is 120 Å². The van der Waals surface area contributed by atoms with E-state index >= 15 is 0 Å². The van der Waals surface area contributed by atoms with Crippen molar-refractivity contribution in [3.8, 4) is 11.1 Å². The number of nitrogens with one attached hydrogen (secondary N) is 1. The van der Waals surface area contributed by atoms with Crippen molar-refractivity contribution < 1.29 is 4.42 Å². The monoisotopic (exact) mass is 285 g/mol. The van der Waals surface area contributed by atoms with E-state index in [-0.39, 0.29) is 5.63 Å². The summed E-state index contributed by atoms with van der Waals surface area (Å²) in [5, 5.41) is 4.50. The molecule has 0 spiro atoms. The molecule has 4 heteroatoms. The molecule has 0 aliphatic heterocycles. The maximum absolute atomic E-state index is 11.7. The summed E-state index contributed by atoms with van der Waals surface area (Å²) in [6.07, 6.45) is 0. The predicted molar refractivity (Wildman–Crippen MR) is 82.5 cm³/mol. The van der Waals surface area contributed by atoms with Gasteiger partial charge in [-0.25, -0.2) is 4.79 Å². The van der Waals surface area contributed by atoms with Crippen molar-refractivity contribution in [1.29, 1.82) is 0 Å². The molecule has 1 aromatic heterocycles. The molecule has 0 fully saturated rings. The first-order chi connectivity index (χ1) is 9.67. The van der Waals surface area contributed by atoms with Crippen LogP contribution in [0.2, 0.25) is 5.02 Å². The molecule has 1 N–H and O–H groups in total. The lowest BCUT2D eigenvalue weighted by molar-refractivity contribution is 0.561. The van der Waals surface area contributed by atoms with E-state index in [4.69, 9.17) is 16.0 Å². The van der Waals surface area contributed by atoms with Gasteiger partial charge in [0.1, 0.15) is 5.58 Å². The highest BCUT2D eigenvalue weighted by atomic mass is 35.5. The number of halogens is 1. The summed E-state index contributed by atoms with van der Waals surface area (Å²) in [5.74, 6) is 0. The van der Waals surface area contributed by atoms with Gasteiger partial charge >= 0.3 is 5.63 Å². The highest BCUT2D eigenvalue weighted by Crippen LogP contribution is 2.29. The minimum absolute atomic E-state index is 0.368. The fourth-order valence-corrected chi connectivity index (χ4v) is 2.36. The van der Waals surface area contributed by atoms with Crippen LogP contribution >= 0.6 is 11.6 Å². The molecule has 1 heterocycles. The van der Waals surface area contributed by atoms with Crippen LogP contribution in [0.5, 0.6) is 0 Å². The van der Waals surface area contributed by atoms with E-state index in [2.05, 4.69) is 5.32 Å². The molecule has 2 aromatic carbocycles. The van der Waals surface area contributed by atoms with E-state index in [1.165, 1.54) is 6.07 Å². The van der Waals surface area contributed by atoms with Crippen molar-refractivity contribution in [2.45, 2.75) is 0 Å². The van der Waals surface area contributed by atoms with E-state index in [0.717, 1.165) is 22.2 Å². The standard InChI is InChI=1S/C16H12ClNO2/c1-18-12-5-2-10(3-6-12)13-9-16(19)20-15-7-4-11(17)8-14(13)15/h2-9,18H,1H3. The van der Waals surface area contributed by atoms with Crippen LogP contribution in [0.3, 0.4) is 0 Å². The highest BCUT2D eigenvalue weighted by molar-refractivity contribution is 6.31. The average molecular weight is 286 g/mol. The molecule has 0 amide bonds. The second-order valence-electron chi connectivity index (χ2n) is 4.45. The van der Waals surface area contributed by atoms with Gasteiger partial charge in [0.15, 0.2) is 0 Å². The second kappa shape index (κ2) is 5.02. The fraction of sp³-hybridized carbons (Fsp3) is 0.0625. The Morgan fingerprint density at radius 2 is 1.80 bits per heavy atom. The Bertz CT molecular complexity index is 822. The van der Waals surface area contributed by atoms with E-state index in [0.29, 0.717) is 10.6 Å². The summed E-state index contributed by atoms with van der Waals surface area (Å²) >= 11 is 6.04. The Balaban J connectivity index is 2.28. The molecule has 3 rings (SSSR count). The minimum atomic E-state index is -0.368. The van der Waals surface area contributed by atoms with Gasteiger partial charge in [-0.3, -0.25) is 0 Å². The first kappa shape index (κ1) is 12.8. The number of hydrogen-bond acceptors (Lipinski definition) is 3. The third kappa shape index (κ3) is 2.28. The lowest BCUT2D eigenvalue weighted by atomic mass is 10.0. The summed E-state index contributed by atoms with van der Waals surface area (Å²) in [5.41, 5.74) is 2.95. The molecule has 20 heavy (non-hydrogen) atoms. The molecule has 0 atom stereocenters. The summed E-state index contributed by atoms with van der Waals surface area (Å²) < 4.78 is 5.20. The van der Waals surface area contributed by atoms with Crippen LogP contribution in [0, 0.1) is 0 Å². The molecule has 100 valence electrons. The summed E-state index contributed by atoms with van der Waals surface area (Å²) in [6, 6.07) is 14.6. The minimum Gasteiger partial charge on any atom is -0.423 e. The Morgan fingerprint density at radius 3 is 2.50 bits per heavy atom. The number of anilines is 1. The van der Waals surface area contributed by atoms with Crippen molar-refractivity contribution in [3.05, 3.63) is 64.0 Å². The Morgan fingerprint density at radius 1 is 1.05 bits per heavy atom. The third-order valence-electron chi connectivity index (χ3n) is 3.19. The molecule has 0 bridgehead atoms. The maximum atomic E-state index is 11.7. The summed E-state index contributed by atoms with van der Waals surface area (Å²) in [4.78, 5) is 11.7. The van der Waals surface area contributed by atoms with Crippen molar-refractivity contribution in [2.24, 2.45) is 0 Å². The van der Waals surface area contributed by atoms with E-state index in [1.807, 2.05) is 31.3 Å². The van der Waals surface area contributed by atoms with Crippen LogP contribution < -0.4 is 10.9 Å². The average Bonchev–Trinajstić information content (AvgIpc) is 2.47. The van der Waals surface area contributed by atoms with Crippen LogP contribution in [-0.4, -0.2) is 7.05 Å². The van der Waals surface area contributed by atoms with Gasteiger partial charge in [0, 0.05) is 29.2 Å². The second-order valence-corrected chi connectivity index (χ2v) is 4.88. The van der Waals surface area contributed by atoms with E-state index in [1.54, 1.807) is 18.2 Å². The van der Waals surface area contributed by atoms with Gasteiger partial charge in [-0.15, -0.1) is 0 Å². The lowest BCUT2D eigenvalue weighted by Gasteiger charge is -2.07. The predicted octanol–water partition coefficient (Wildman–Crippen LogP) is 4.16. The van der Waals surface area contributed by atoms with Gasteiger partial charge in [-0.1, -0.05) is 23.7 Å². The zero-order valence-electron chi connectivity index (χ0n) is 10.8. The molecule has 0 saturated carbocycles. The van der Waals surface area contributed by atoms with Gasteiger partial charge in [-0.05, 0) is 41.5 Å². The molecule has 0 saturated heterocycles. The van der Waals surface area contributed by atoms with E-state index < -0.39 is 0 Å². The number of benzene rings is 2. The zero-order chi connectivity index (χ0) is 14.1. The first-order valence-corrected chi connectivity index (χ1v) is 6.57. The van der Waals surface area contributed by atoms with Gasteiger partial charge in [0.25, 0.3) is 0 Å². The smallest absolute Gasteiger partial charge is 0.336 e. The first-order valence-electron chi connectivity index (χ1n) is 6.19. The summed E-state index contributed by atoms with van der Waals surface area (Å²) in [6.45, 7) is 0. The maximum Gasteiger partial charge on any atom is 0.336 e. The lowest BCUT2D eigenvalue weighted by Crippen LogP contribution is -1.98. The van der Waals surface area contributed by atoms with Gasteiger partial charge in [-0.2, -0.15) is 0 Å². The SMILES string of the molecule is CNc1ccc(-c2cc(=O)oc3ccc(Cl)cc23)cc1. The molecule has 3 nitrogen and oxygen atoms in total. The van der Waals surface area contributed by atoms with Crippen molar-refractivity contribution in [3.63, 3.8) is 0 Å². The normalized spacial score (nSPS) is 10.7. The van der Waals surface area contributed by atoms with Crippen LogP contribution in [0.1, 0.15) is 0 Å². The summed E-state index contributed by atoms with van der Waals surface area (Å²) in [7, 11) is 1.86. The molecular weight excluding hydrogens is 274 g/mol. The quantitative estimate of drug-likeness (QED) is 0.719.